The Morgan fingerprint density at radius 1 is 1.30 bits per heavy atom. The van der Waals surface area contributed by atoms with Gasteiger partial charge in [0.25, 0.3) is 5.91 Å². The molecule has 0 heterocycles. The van der Waals surface area contributed by atoms with Crippen LogP contribution < -0.4 is 10.6 Å². The summed E-state index contributed by atoms with van der Waals surface area (Å²) < 4.78 is 0. The summed E-state index contributed by atoms with van der Waals surface area (Å²) in [5.41, 5.74) is 1.69. The standard InChI is InChI=1S/C17H26N2O/c1-3-12-18-16-11-7-6-10-15(16)17(20)19-13(2)14-8-4-5-9-14/h6-7,10-11,13-14,18H,3-5,8-9,12H2,1-2H3,(H,19,20)/t13-/m1/s1. The van der Waals surface area contributed by atoms with Crippen molar-refractivity contribution in [1.82, 2.24) is 5.32 Å². The Bertz CT molecular complexity index is 438. The van der Waals surface area contributed by atoms with Gasteiger partial charge >= 0.3 is 0 Å². The van der Waals surface area contributed by atoms with Crippen LogP contribution in [0.4, 0.5) is 5.69 Å². The van der Waals surface area contributed by atoms with Crippen molar-refractivity contribution in [1.29, 1.82) is 0 Å². The van der Waals surface area contributed by atoms with Crippen molar-refractivity contribution in [3.8, 4) is 0 Å². The quantitative estimate of drug-likeness (QED) is 0.828. The fraction of sp³-hybridized carbons (Fsp3) is 0.588. The zero-order chi connectivity index (χ0) is 14.4. The molecule has 0 radical (unpaired) electrons. The van der Waals surface area contributed by atoms with Gasteiger partial charge in [0.05, 0.1) is 5.56 Å². The number of amides is 1. The van der Waals surface area contributed by atoms with Gasteiger partial charge in [0.1, 0.15) is 0 Å². The molecule has 0 aliphatic heterocycles. The van der Waals surface area contributed by atoms with Gasteiger partial charge in [-0.25, -0.2) is 0 Å². The van der Waals surface area contributed by atoms with E-state index in [-0.39, 0.29) is 11.9 Å². The molecule has 20 heavy (non-hydrogen) atoms. The molecule has 0 unspecified atom stereocenters. The Kier molecular flexibility index (Phi) is 5.45. The lowest BCUT2D eigenvalue weighted by atomic mass is 9.99. The van der Waals surface area contributed by atoms with Crippen molar-refractivity contribution in [3.63, 3.8) is 0 Å². The van der Waals surface area contributed by atoms with E-state index in [1.807, 2.05) is 24.3 Å². The number of para-hydroxylation sites is 1. The zero-order valence-electron chi connectivity index (χ0n) is 12.6. The van der Waals surface area contributed by atoms with Gasteiger partial charge in [-0.1, -0.05) is 31.9 Å². The predicted octanol–water partition coefficient (Wildman–Crippen LogP) is 3.82. The molecule has 1 aliphatic carbocycles. The first-order valence-electron chi connectivity index (χ1n) is 7.86. The number of benzene rings is 1. The number of rotatable bonds is 6. The van der Waals surface area contributed by atoms with Crippen LogP contribution in [0, 0.1) is 5.92 Å². The van der Waals surface area contributed by atoms with Crippen molar-refractivity contribution in [2.24, 2.45) is 5.92 Å². The van der Waals surface area contributed by atoms with Crippen LogP contribution in [0.15, 0.2) is 24.3 Å². The smallest absolute Gasteiger partial charge is 0.253 e. The van der Waals surface area contributed by atoms with Crippen molar-refractivity contribution < 1.29 is 4.79 Å². The highest BCUT2D eigenvalue weighted by molar-refractivity contribution is 5.99. The lowest BCUT2D eigenvalue weighted by Crippen LogP contribution is -2.37. The van der Waals surface area contributed by atoms with E-state index in [1.54, 1.807) is 0 Å². The predicted molar refractivity (Wildman–Crippen MR) is 84.1 cm³/mol. The van der Waals surface area contributed by atoms with E-state index in [2.05, 4.69) is 24.5 Å². The minimum atomic E-state index is 0.0450. The van der Waals surface area contributed by atoms with Gasteiger partial charge in [0.2, 0.25) is 0 Å². The van der Waals surface area contributed by atoms with Crippen molar-refractivity contribution in [2.75, 3.05) is 11.9 Å². The third kappa shape index (κ3) is 3.75. The van der Waals surface area contributed by atoms with Crippen LogP contribution in [0.25, 0.3) is 0 Å². The number of hydrogen-bond donors (Lipinski definition) is 2. The van der Waals surface area contributed by atoms with E-state index >= 15 is 0 Å². The summed E-state index contributed by atoms with van der Waals surface area (Å²) in [7, 11) is 0. The SMILES string of the molecule is CCCNc1ccccc1C(=O)N[C@H](C)C1CCCC1. The lowest BCUT2D eigenvalue weighted by Gasteiger charge is -2.21. The lowest BCUT2D eigenvalue weighted by molar-refractivity contribution is 0.0928. The normalized spacial score (nSPS) is 16.9. The molecule has 1 amide bonds. The molecule has 1 aromatic rings. The number of carbonyl (C=O) groups excluding carboxylic acids is 1. The summed E-state index contributed by atoms with van der Waals surface area (Å²) in [6.45, 7) is 5.15. The second-order valence-corrected chi connectivity index (χ2v) is 5.78. The van der Waals surface area contributed by atoms with Gasteiger partial charge < -0.3 is 10.6 Å². The molecule has 0 saturated heterocycles. The van der Waals surface area contributed by atoms with Crippen LogP contribution in [0.2, 0.25) is 0 Å². The third-order valence-corrected chi connectivity index (χ3v) is 4.20. The maximum absolute atomic E-state index is 12.4. The first-order valence-corrected chi connectivity index (χ1v) is 7.86. The molecule has 1 atom stereocenters. The molecule has 3 nitrogen and oxygen atoms in total. The highest BCUT2D eigenvalue weighted by atomic mass is 16.1. The van der Waals surface area contributed by atoms with Crippen LogP contribution in [-0.4, -0.2) is 18.5 Å². The maximum Gasteiger partial charge on any atom is 0.253 e. The minimum absolute atomic E-state index is 0.0450. The van der Waals surface area contributed by atoms with Gasteiger partial charge in [0, 0.05) is 18.3 Å². The van der Waals surface area contributed by atoms with Crippen LogP contribution in [0.1, 0.15) is 56.3 Å². The van der Waals surface area contributed by atoms with Crippen LogP contribution in [0.3, 0.4) is 0 Å². The Hall–Kier alpha value is -1.51. The van der Waals surface area contributed by atoms with Gasteiger partial charge in [-0.3, -0.25) is 4.79 Å². The van der Waals surface area contributed by atoms with E-state index in [4.69, 9.17) is 0 Å². The zero-order valence-corrected chi connectivity index (χ0v) is 12.6. The average molecular weight is 274 g/mol. The Labute approximate surface area is 122 Å². The Balaban J connectivity index is 2.00. The summed E-state index contributed by atoms with van der Waals surface area (Å²) >= 11 is 0. The molecule has 2 N–H and O–H groups in total. The van der Waals surface area contributed by atoms with Gasteiger partial charge in [-0.05, 0) is 44.2 Å². The summed E-state index contributed by atoms with van der Waals surface area (Å²) in [4.78, 5) is 12.4. The fourth-order valence-electron chi connectivity index (χ4n) is 2.95. The van der Waals surface area contributed by atoms with E-state index in [0.29, 0.717) is 5.92 Å². The Morgan fingerprint density at radius 2 is 2.00 bits per heavy atom. The second kappa shape index (κ2) is 7.32. The van der Waals surface area contributed by atoms with Crippen LogP contribution >= 0.6 is 0 Å². The first kappa shape index (κ1) is 14.9. The van der Waals surface area contributed by atoms with E-state index in [1.165, 1.54) is 25.7 Å². The monoisotopic (exact) mass is 274 g/mol. The summed E-state index contributed by atoms with van der Waals surface area (Å²) in [5, 5.41) is 6.50. The first-order chi connectivity index (χ1) is 9.72. The van der Waals surface area contributed by atoms with Gasteiger partial charge in [0.15, 0.2) is 0 Å². The van der Waals surface area contributed by atoms with E-state index < -0.39 is 0 Å². The second-order valence-electron chi connectivity index (χ2n) is 5.78. The molecule has 2 rings (SSSR count). The topological polar surface area (TPSA) is 41.1 Å². The number of nitrogens with one attached hydrogen (secondary N) is 2. The Morgan fingerprint density at radius 3 is 2.70 bits per heavy atom. The third-order valence-electron chi connectivity index (χ3n) is 4.20. The highest BCUT2D eigenvalue weighted by Crippen LogP contribution is 2.27. The average Bonchev–Trinajstić information content (AvgIpc) is 2.99. The number of carbonyl (C=O) groups is 1. The summed E-state index contributed by atoms with van der Waals surface area (Å²) in [6.07, 6.45) is 6.15. The largest absolute Gasteiger partial charge is 0.384 e. The molecule has 1 fully saturated rings. The minimum Gasteiger partial charge on any atom is -0.384 e. The molecular formula is C17H26N2O. The van der Waals surface area contributed by atoms with Crippen LogP contribution in [-0.2, 0) is 0 Å². The van der Waals surface area contributed by atoms with Crippen molar-refractivity contribution >= 4 is 11.6 Å². The molecule has 3 heteroatoms. The van der Waals surface area contributed by atoms with E-state index in [0.717, 1.165) is 24.2 Å². The molecule has 1 aromatic carbocycles. The molecule has 1 aliphatic rings. The highest BCUT2D eigenvalue weighted by Gasteiger charge is 2.23. The summed E-state index contributed by atoms with van der Waals surface area (Å²) in [5.74, 6) is 0.693. The fourth-order valence-corrected chi connectivity index (χ4v) is 2.95. The van der Waals surface area contributed by atoms with Gasteiger partial charge in [-0.15, -0.1) is 0 Å². The van der Waals surface area contributed by atoms with Gasteiger partial charge in [-0.2, -0.15) is 0 Å². The molecule has 0 bridgehead atoms. The molecule has 1 saturated carbocycles. The van der Waals surface area contributed by atoms with Crippen LogP contribution in [0.5, 0.6) is 0 Å². The number of hydrogen-bond acceptors (Lipinski definition) is 2. The molecular weight excluding hydrogens is 248 g/mol. The molecule has 0 spiro atoms. The number of anilines is 1. The van der Waals surface area contributed by atoms with Crippen molar-refractivity contribution in [3.05, 3.63) is 29.8 Å². The molecule has 110 valence electrons. The summed E-state index contributed by atoms with van der Waals surface area (Å²) in [6, 6.07) is 8.03. The molecule has 0 aromatic heterocycles. The maximum atomic E-state index is 12.4. The van der Waals surface area contributed by atoms with E-state index in [9.17, 15) is 4.79 Å². The van der Waals surface area contributed by atoms with Crippen molar-refractivity contribution in [2.45, 2.75) is 52.0 Å².